The summed E-state index contributed by atoms with van der Waals surface area (Å²) in [6, 6.07) is 0. The first-order valence-corrected chi connectivity index (χ1v) is 5.83. The normalized spacial score (nSPS) is 10.6. The van der Waals surface area contributed by atoms with E-state index < -0.39 is 0 Å². The SMILES string of the molecule is C=CCOCCOCCOCCOCCC. The largest absolute Gasteiger partial charge is 0.379 e. The Labute approximate surface area is 98.5 Å². The minimum atomic E-state index is 0.578. The number of rotatable bonds is 13. The lowest BCUT2D eigenvalue weighted by atomic mass is 10.5. The van der Waals surface area contributed by atoms with Crippen LogP contribution in [0.4, 0.5) is 0 Å². The molecule has 4 heteroatoms. The molecule has 16 heavy (non-hydrogen) atoms. The minimum absolute atomic E-state index is 0.578. The van der Waals surface area contributed by atoms with Crippen molar-refractivity contribution >= 4 is 0 Å². The molecule has 0 amide bonds. The van der Waals surface area contributed by atoms with Crippen molar-refractivity contribution in [3.63, 3.8) is 0 Å². The third-order valence-corrected chi connectivity index (χ3v) is 1.70. The Morgan fingerprint density at radius 1 is 0.750 bits per heavy atom. The van der Waals surface area contributed by atoms with Crippen LogP contribution in [-0.4, -0.2) is 52.9 Å². The van der Waals surface area contributed by atoms with E-state index in [0.717, 1.165) is 13.0 Å². The molecular formula is C12H24O4. The molecule has 0 aromatic carbocycles. The van der Waals surface area contributed by atoms with Crippen LogP contribution in [0.5, 0.6) is 0 Å². The van der Waals surface area contributed by atoms with Gasteiger partial charge in [-0.3, -0.25) is 0 Å². The molecule has 0 atom stereocenters. The van der Waals surface area contributed by atoms with E-state index in [4.69, 9.17) is 18.9 Å². The zero-order valence-corrected chi connectivity index (χ0v) is 10.3. The molecule has 0 bridgehead atoms. The number of hydrogen-bond donors (Lipinski definition) is 0. The van der Waals surface area contributed by atoms with Crippen molar-refractivity contribution < 1.29 is 18.9 Å². The van der Waals surface area contributed by atoms with Gasteiger partial charge in [0.05, 0.1) is 46.2 Å². The standard InChI is InChI=1S/C12H24O4/c1-3-5-13-7-9-15-11-12-16-10-8-14-6-4-2/h3H,1,4-12H2,2H3. The molecule has 0 heterocycles. The van der Waals surface area contributed by atoms with Crippen LogP contribution < -0.4 is 0 Å². The average molecular weight is 232 g/mol. The lowest BCUT2D eigenvalue weighted by molar-refractivity contribution is 0.00101. The van der Waals surface area contributed by atoms with Crippen LogP contribution in [-0.2, 0) is 18.9 Å². The van der Waals surface area contributed by atoms with Crippen molar-refractivity contribution in [1.29, 1.82) is 0 Å². The molecular weight excluding hydrogens is 208 g/mol. The van der Waals surface area contributed by atoms with Crippen LogP contribution >= 0.6 is 0 Å². The molecule has 0 saturated carbocycles. The lowest BCUT2D eigenvalue weighted by Crippen LogP contribution is -2.12. The summed E-state index contributed by atoms with van der Waals surface area (Å²) in [7, 11) is 0. The van der Waals surface area contributed by atoms with Gasteiger partial charge in [0.25, 0.3) is 0 Å². The maximum Gasteiger partial charge on any atom is 0.0704 e. The Morgan fingerprint density at radius 2 is 1.19 bits per heavy atom. The van der Waals surface area contributed by atoms with Gasteiger partial charge >= 0.3 is 0 Å². The molecule has 0 aromatic heterocycles. The van der Waals surface area contributed by atoms with Gasteiger partial charge in [-0.15, -0.1) is 6.58 Å². The van der Waals surface area contributed by atoms with E-state index in [1.165, 1.54) is 0 Å². The first-order chi connectivity index (χ1) is 7.91. The van der Waals surface area contributed by atoms with Crippen molar-refractivity contribution in [3.8, 4) is 0 Å². The van der Waals surface area contributed by atoms with E-state index in [1.807, 2.05) is 0 Å². The highest BCUT2D eigenvalue weighted by atomic mass is 16.6. The molecule has 0 fully saturated rings. The van der Waals surface area contributed by atoms with Crippen LogP contribution in [0.25, 0.3) is 0 Å². The van der Waals surface area contributed by atoms with E-state index in [-0.39, 0.29) is 0 Å². The molecule has 96 valence electrons. The Kier molecular flexibility index (Phi) is 14.2. The second kappa shape index (κ2) is 14.6. The molecule has 0 rings (SSSR count). The number of ether oxygens (including phenoxy) is 4. The third-order valence-electron chi connectivity index (χ3n) is 1.70. The van der Waals surface area contributed by atoms with Gasteiger partial charge in [-0.05, 0) is 6.42 Å². The Morgan fingerprint density at radius 3 is 1.62 bits per heavy atom. The summed E-state index contributed by atoms with van der Waals surface area (Å²) in [4.78, 5) is 0. The summed E-state index contributed by atoms with van der Waals surface area (Å²) < 4.78 is 21.0. The fraction of sp³-hybridized carbons (Fsp3) is 0.833. The Balaban J connectivity index is 2.85. The second-order valence-corrected chi connectivity index (χ2v) is 3.20. The molecule has 0 aliphatic carbocycles. The highest BCUT2D eigenvalue weighted by Gasteiger charge is 1.91. The molecule has 0 radical (unpaired) electrons. The molecule has 0 aliphatic rings. The van der Waals surface area contributed by atoms with E-state index in [9.17, 15) is 0 Å². The topological polar surface area (TPSA) is 36.9 Å². The van der Waals surface area contributed by atoms with Gasteiger partial charge in [0.1, 0.15) is 0 Å². The predicted octanol–water partition coefficient (Wildman–Crippen LogP) is 1.65. The molecule has 0 unspecified atom stereocenters. The first-order valence-electron chi connectivity index (χ1n) is 5.83. The quantitative estimate of drug-likeness (QED) is 0.357. The predicted molar refractivity (Wildman–Crippen MR) is 63.8 cm³/mol. The van der Waals surface area contributed by atoms with Crippen molar-refractivity contribution in [2.45, 2.75) is 13.3 Å². The van der Waals surface area contributed by atoms with Gasteiger partial charge < -0.3 is 18.9 Å². The van der Waals surface area contributed by atoms with Gasteiger partial charge in [0.15, 0.2) is 0 Å². The zero-order chi connectivity index (χ0) is 11.9. The van der Waals surface area contributed by atoms with Crippen molar-refractivity contribution in [2.24, 2.45) is 0 Å². The molecule has 0 spiro atoms. The molecule has 0 N–H and O–H groups in total. The second-order valence-electron chi connectivity index (χ2n) is 3.20. The van der Waals surface area contributed by atoms with E-state index in [0.29, 0.717) is 46.2 Å². The summed E-state index contributed by atoms with van der Waals surface area (Å²) in [6.07, 6.45) is 2.77. The Bertz CT molecular complexity index is 139. The lowest BCUT2D eigenvalue weighted by Gasteiger charge is -2.06. The molecule has 0 aliphatic heterocycles. The summed E-state index contributed by atoms with van der Waals surface area (Å²) in [5.41, 5.74) is 0. The van der Waals surface area contributed by atoms with Gasteiger partial charge in [0, 0.05) is 6.61 Å². The van der Waals surface area contributed by atoms with Gasteiger partial charge in [0.2, 0.25) is 0 Å². The van der Waals surface area contributed by atoms with Crippen LogP contribution in [0.15, 0.2) is 12.7 Å². The van der Waals surface area contributed by atoms with E-state index in [1.54, 1.807) is 6.08 Å². The number of hydrogen-bond acceptors (Lipinski definition) is 4. The highest BCUT2D eigenvalue weighted by Crippen LogP contribution is 1.84. The zero-order valence-electron chi connectivity index (χ0n) is 10.3. The van der Waals surface area contributed by atoms with E-state index >= 15 is 0 Å². The van der Waals surface area contributed by atoms with Crippen molar-refractivity contribution in [2.75, 3.05) is 52.9 Å². The van der Waals surface area contributed by atoms with Crippen LogP contribution in [0, 0.1) is 0 Å². The van der Waals surface area contributed by atoms with Crippen molar-refractivity contribution in [3.05, 3.63) is 12.7 Å². The van der Waals surface area contributed by atoms with Gasteiger partial charge in [-0.2, -0.15) is 0 Å². The molecule has 0 aromatic rings. The summed E-state index contributed by atoms with van der Waals surface area (Å²) in [5.74, 6) is 0. The summed E-state index contributed by atoms with van der Waals surface area (Å²) in [6.45, 7) is 10.7. The average Bonchev–Trinajstić information content (AvgIpc) is 2.31. The maximum atomic E-state index is 5.30. The fourth-order valence-corrected chi connectivity index (χ4v) is 0.971. The van der Waals surface area contributed by atoms with Crippen LogP contribution in [0.1, 0.15) is 13.3 Å². The minimum Gasteiger partial charge on any atom is -0.379 e. The molecule has 4 nitrogen and oxygen atoms in total. The van der Waals surface area contributed by atoms with Crippen LogP contribution in [0.2, 0.25) is 0 Å². The fourth-order valence-electron chi connectivity index (χ4n) is 0.971. The summed E-state index contributed by atoms with van der Waals surface area (Å²) >= 11 is 0. The maximum absolute atomic E-state index is 5.30. The third kappa shape index (κ3) is 13.6. The van der Waals surface area contributed by atoms with Crippen LogP contribution in [0.3, 0.4) is 0 Å². The molecule has 0 saturated heterocycles. The first kappa shape index (κ1) is 15.6. The Hall–Kier alpha value is -0.420. The summed E-state index contributed by atoms with van der Waals surface area (Å²) in [5, 5.41) is 0. The van der Waals surface area contributed by atoms with Gasteiger partial charge in [-0.1, -0.05) is 13.0 Å². The monoisotopic (exact) mass is 232 g/mol. The highest BCUT2D eigenvalue weighted by molar-refractivity contribution is 4.63. The smallest absolute Gasteiger partial charge is 0.0704 e. The van der Waals surface area contributed by atoms with Gasteiger partial charge in [-0.25, -0.2) is 0 Å². The van der Waals surface area contributed by atoms with E-state index in [2.05, 4.69) is 13.5 Å². The van der Waals surface area contributed by atoms with Crippen molar-refractivity contribution in [1.82, 2.24) is 0 Å².